The smallest absolute Gasteiger partial charge is 0.331 e. The van der Waals surface area contributed by atoms with Crippen LogP contribution in [0.2, 0.25) is 0 Å². The first-order valence-corrected chi connectivity index (χ1v) is 12.1. The van der Waals surface area contributed by atoms with Crippen LogP contribution >= 0.6 is 0 Å². The number of ketones is 2. The predicted octanol–water partition coefficient (Wildman–Crippen LogP) is -0.865. The van der Waals surface area contributed by atoms with Crippen LogP contribution in [0.25, 0.3) is 0 Å². The number of carbonyl (C=O) groups excluding carboxylic acids is 7. The minimum absolute atomic E-state index is 0.204. The number of nitrogens with one attached hydrogen (secondary N) is 4. The Morgan fingerprint density at radius 2 is 1.21 bits per heavy atom. The van der Waals surface area contributed by atoms with Gasteiger partial charge in [0.1, 0.15) is 29.7 Å². The van der Waals surface area contributed by atoms with Crippen molar-refractivity contribution in [3.8, 4) is 0 Å². The Kier molecular flexibility index (Phi) is 21.0. The summed E-state index contributed by atoms with van der Waals surface area (Å²) < 4.78 is 14.0. The van der Waals surface area contributed by atoms with Gasteiger partial charge in [-0.1, -0.05) is 0 Å². The van der Waals surface area contributed by atoms with Gasteiger partial charge in [-0.05, 0) is 67.6 Å². The van der Waals surface area contributed by atoms with Gasteiger partial charge in [0.05, 0.1) is 20.0 Å². The molecular formula is C24H42N4O10. The van der Waals surface area contributed by atoms with Crippen LogP contribution in [-0.4, -0.2) is 94.0 Å². The molecule has 0 aliphatic rings. The van der Waals surface area contributed by atoms with Gasteiger partial charge in [-0.15, -0.1) is 0 Å². The van der Waals surface area contributed by atoms with Crippen molar-refractivity contribution in [2.24, 2.45) is 0 Å². The van der Waals surface area contributed by atoms with E-state index in [0.29, 0.717) is 6.42 Å². The number of ether oxygens (including phenoxy) is 3. The zero-order chi connectivity index (χ0) is 29.7. The molecule has 0 rings (SSSR count). The molecule has 0 saturated carbocycles. The third-order valence-electron chi connectivity index (χ3n) is 4.73. The highest BCUT2D eigenvalue weighted by Crippen LogP contribution is 2.03. The number of hydrogen-bond acceptors (Lipinski definition) is 12. The lowest BCUT2D eigenvalue weighted by Gasteiger charge is -2.16. The van der Waals surface area contributed by atoms with Crippen LogP contribution in [-0.2, 0) is 47.8 Å². The molecule has 0 aromatic rings. The van der Waals surface area contributed by atoms with Crippen molar-refractivity contribution >= 4 is 41.3 Å². The molecule has 38 heavy (non-hydrogen) atoms. The summed E-state index contributed by atoms with van der Waals surface area (Å²) in [6.45, 7) is 5.92. The van der Waals surface area contributed by atoms with Gasteiger partial charge >= 0.3 is 17.9 Å². The number of esters is 3. The largest absolute Gasteiger partial charge is 0.467 e. The van der Waals surface area contributed by atoms with Crippen LogP contribution in [0.1, 0.15) is 59.8 Å². The maximum atomic E-state index is 11.5. The van der Waals surface area contributed by atoms with Crippen molar-refractivity contribution in [3.63, 3.8) is 0 Å². The molecule has 0 saturated heterocycles. The summed E-state index contributed by atoms with van der Waals surface area (Å²) in [7, 11) is 4.72. The summed E-state index contributed by atoms with van der Waals surface area (Å²) in [5, 5.41) is 10.5. The molecule has 0 aliphatic carbocycles. The molecule has 4 N–H and O–H groups in total. The molecule has 0 spiro atoms. The Balaban J connectivity index is 0. The molecule has 2 amide bonds. The van der Waals surface area contributed by atoms with E-state index in [1.54, 1.807) is 14.0 Å². The molecule has 0 aromatic heterocycles. The zero-order valence-electron chi connectivity index (χ0n) is 23.3. The van der Waals surface area contributed by atoms with E-state index < -0.39 is 54.6 Å². The first-order valence-electron chi connectivity index (χ1n) is 12.1. The summed E-state index contributed by atoms with van der Waals surface area (Å²) in [5.41, 5.74) is 0. The first-order chi connectivity index (χ1) is 17.8. The second kappa shape index (κ2) is 21.7. The van der Waals surface area contributed by atoms with E-state index in [2.05, 4.69) is 35.5 Å². The number of unbranched alkanes of at least 4 members (excludes halogenated alkanes) is 1. The number of carbonyl (C=O) groups is 7. The van der Waals surface area contributed by atoms with E-state index in [1.807, 2.05) is 7.05 Å². The Hall–Kier alpha value is -3.39. The minimum atomic E-state index is -0.928. The lowest BCUT2D eigenvalue weighted by Crippen LogP contribution is -2.42. The fourth-order valence-corrected chi connectivity index (χ4v) is 2.60. The van der Waals surface area contributed by atoms with Gasteiger partial charge in [-0.2, -0.15) is 0 Å². The zero-order valence-corrected chi connectivity index (χ0v) is 23.3. The third-order valence-corrected chi connectivity index (χ3v) is 4.73. The lowest BCUT2D eigenvalue weighted by molar-refractivity contribution is -0.170. The van der Waals surface area contributed by atoms with E-state index >= 15 is 0 Å². The van der Waals surface area contributed by atoms with Gasteiger partial charge in [0.25, 0.3) is 0 Å². The highest BCUT2D eigenvalue weighted by Gasteiger charge is 2.21. The van der Waals surface area contributed by atoms with E-state index in [9.17, 15) is 33.6 Å². The van der Waals surface area contributed by atoms with Crippen LogP contribution in [0.15, 0.2) is 0 Å². The number of Topliss-reactive ketones (excluding diaryl/α,β-unsaturated/α-hetero) is 2. The number of amides is 2. The second-order valence-electron chi connectivity index (χ2n) is 8.34. The second-order valence-corrected chi connectivity index (χ2v) is 8.34. The van der Waals surface area contributed by atoms with Gasteiger partial charge in [0.15, 0.2) is 0 Å². The fraction of sp³-hybridized carbons (Fsp3) is 0.708. The summed E-state index contributed by atoms with van der Waals surface area (Å²) >= 11 is 0. The molecular weight excluding hydrogens is 504 g/mol. The topological polar surface area (TPSA) is 195 Å². The Labute approximate surface area is 223 Å². The van der Waals surface area contributed by atoms with Gasteiger partial charge in [-0.3, -0.25) is 24.0 Å². The van der Waals surface area contributed by atoms with Crippen molar-refractivity contribution in [2.75, 3.05) is 34.5 Å². The molecule has 0 aliphatic heterocycles. The molecule has 3 atom stereocenters. The number of methoxy groups -OCH3 is 1. The molecule has 218 valence electrons. The first kappa shape index (κ1) is 36.8. The summed E-state index contributed by atoms with van der Waals surface area (Å²) in [6.07, 6.45) is 1.71. The quantitative estimate of drug-likeness (QED) is 0.0763. The van der Waals surface area contributed by atoms with Gasteiger partial charge in [-0.25, -0.2) is 9.59 Å². The Morgan fingerprint density at radius 1 is 0.711 bits per heavy atom. The minimum Gasteiger partial charge on any atom is -0.467 e. The van der Waals surface area contributed by atoms with Crippen molar-refractivity contribution < 1.29 is 47.8 Å². The Morgan fingerprint density at radius 3 is 1.66 bits per heavy atom. The molecule has 14 heteroatoms. The third kappa shape index (κ3) is 19.8. The number of likely N-dealkylation sites (N-methyl/N-ethyl adjacent to an activating group) is 1. The van der Waals surface area contributed by atoms with E-state index in [1.165, 1.54) is 27.9 Å². The van der Waals surface area contributed by atoms with E-state index in [-0.39, 0.29) is 24.4 Å². The Bertz CT molecular complexity index is 803. The highest BCUT2D eigenvalue weighted by atomic mass is 16.7. The SMILES string of the molecule is CNC(C)C(=O)OCOC(=O)C(C)NC(=O)CC(C)=O.CNCCCCC(NC(=O)CC(C)=O)C(=O)OC. The van der Waals surface area contributed by atoms with Gasteiger partial charge in [0, 0.05) is 0 Å². The van der Waals surface area contributed by atoms with Crippen LogP contribution in [0.4, 0.5) is 0 Å². The van der Waals surface area contributed by atoms with Crippen LogP contribution in [0.3, 0.4) is 0 Å². The normalized spacial score (nSPS) is 12.4. The van der Waals surface area contributed by atoms with Crippen LogP contribution < -0.4 is 21.3 Å². The van der Waals surface area contributed by atoms with Gasteiger partial charge in [0.2, 0.25) is 18.6 Å². The van der Waals surface area contributed by atoms with E-state index in [4.69, 9.17) is 0 Å². The van der Waals surface area contributed by atoms with Crippen molar-refractivity contribution in [3.05, 3.63) is 0 Å². The average Bonchev–Trinajstić information content (AvgIpc) is 2.83. The molecule has 0 bridgehead atoms. The monoisotopic (exact) mass is 546 g/mol. The van der Waals surface area contributed by atoms with Gasteiger partial charge < -0.3 is 35.5 Å². The summed E-state index contributed by atoms with van der Waals surface area (Å²) in [4.78, 5) is 78.3. The maximum absolute atomic E-state index is 11.5. The standard InChI is InChI=1S/C12H20N2O6.C12H22N2O4/c1-7(15)5-10(16)14-9(3)12(18)20-6-19-11(17)8(2)13-4;1-9(15)8-11(16)14-10(12(17)18-3)6-4-5-7-13-2/h8-9,13H,5-6H2,1-4H3,(H,14,16);10,13H,4-8H2,1-3H3,(H,14,16). The molecule has 14 nitrogen and oxygen atoms in total. The van der Waals surface area contributed by atoms with Crippen molar-refractivity contribution in [1.29, 1.82) is 0 Å². The summed E-state index contributed by atoms with van der Waals surface area (Å²) in [5.74, 6) is -3.34. The predicted molar refractivity (Wildman–Crippen MR) is 135 cm³/mol. The van der Waals surface area contributed by atoms with Crippen LogP contribution in [0, 0.1) is 0 Å². The van der Waals surface area contributed by atoms with E-state index in [0.717, 1.165) is 19.4 Å². The van der Waals surface area contributed by atoms with Crippen LogP contribution in [0.5, 0.6) is 0 Å². The molecule has 0 fully saturated rings. The van der Waals surface area contributed by atoms with Crippen molar-refractivity contribution in [2.45, 2.75) is 77.9 Å². The van der Waals surface area contributed by atoms with Crippen molar-refractivity contribution in [1.82, 2.24) is 21.3 Å². The fourth-order valence-electron chi connectivity index (χ4n) is 2.60. The average molecular weight is 547 g/mol. The molecule has 0 heterocycles. The molecule has 3 unspecified atom stereocenters. The lowest BCUT2D eigenvalue weighted by atomic mass is 10.1. The number of rotatable bonds is 17. The number of hydrogen-bond donors (Lipinski definition) is 4. The molecule has 0 aromatic carbocycles. The summed E-state index contributed by atoms with van der Waals surface area (Å²) in [6, 6.07) is -2.11. The maximum Gasteiger partial charge on any atom is 0.331 e. The molecule has 0 radical (unpaired) electrons. The highest BCUT2D eigenvalue weighted by molar-refractivity contribution is 5.98.